The second-order valence-corrected chi connectivity index (χ2v) is 5.24. The first-order chi connectivity index (χ1) is 9.59. The molecule has 0 aliphatic carbocycles. The quantitative estimate of drug-likeness (QED) is 0.681. The van der Waals surface area contributed by atoms with Crippen LogP contribution < -0.4 is 10.6 Å². The molecule has 112 valence electrons. The normalized spacial score (nSPS) is 24.2. The Bertz CT molecular complexity index is 393. The number of hydrogen-bond donors (Lipinski definition) is 2. The van der Waals surface area contributed by atoms with Gasteiger partial charge in [0.1, 0.15) is 6.04 Å². The van der Waals surface area contributed by atoms with Gasteiger partial charge < -0.3 is 15.5 Å². The van der Waals surface area contributed by atoms with E-state index in [4.69, 9.17) is 0 Å². The van der Waals surface area contributed by atoms with Gasteiger partial charge in [0.05, 0.1) is 0 Å². The Morgan fingerprint density at radius 2 is 1.90 bits per heavy atom. The fourth-order valence-corrected chi connectivity index (χ4v) is 2.59. The highest BCUT2D eigenvalue weighted by molar-refractivity contribution is 5.98. The maximum Gasteiger partial charge on any atom is 0.318 e. The summed E-state index contributed by atoms with van der Waals surface area (Å²) in [4.78, 5) is 38.8. The van der Waals surface area contributed by atoms with Crippen LogP contribution in [0.3, 0.4) is 0 Å². The molecule has 1 atom stereocenters. The molecule has 0 unspecified atom stereocenters. The maximum atomic E-state index is 12.3. The summed E-state index contributed by atoms with van der Waals surface area (Å²) >= 11 is 0. The molecule has 0 aromatic carbocycles. The largest absolute Gasteiger partial charge is 0.326 e. The Morgan fingerprint density at radius 3 is 2.55 bits per heavy atom. The van der Waals surface area contributed by atoms with Gasteiger partial charge in [-0.25, -0.2) is 4.79 Å². The van der Waals surface area contributed by atoms with Crippen LogP contribution >= 0.6 is 0 Å². The van der Waals surface area contributed by atoms with Crippen LogP contribution in [-0.2, 0) is 9.59 Å². The van der Waals surface area contributed by atoms with Gasteiger partial charge >= 0.3 is 6.03 Å². The summed E-state index contributed by atoms with van der Waals surface area (Å²) in [5.74, 6) is -0.531. The van der Waals surface area contributed by atoms with Crippen LogP contribution in [0.25, 0.3) is 0 Å². The third-order valence-electron chi connectivity index (χ3n) is 3.77. The molecule has 7 nitrogen and oxygen atoms in total. The molecular weight excluding hydrogens is 260 g/mol. The molecule has 2 fully saturated rings. The molecule has 0 bridgehead atoms. The van der Waals surface area contributed by atoms with Crippen molar-refractivity contribution in [2.24, 2.45) is 0 Å². The zero-order chi connectivity index (χ0) is 14.5. The Hall–Kier alpha value is -1.63. The summed E-state index contributed by atoms with van der Waals surface area (Å²) in [5.41, 5.74) is 0. The van der Waals surface area contributed by atoms with E-state index >= 15 is 0 Å². The van der Waals surface area contributed by atoms with Crippen LogP contribution in [0.5, 0.6) is 0 Å². The first-order valence-electron chi connectivity index (χ1n) is 7.17. The number of urea groups is 1. The first-order valence-corrected chi connectivity index (χ1v) is 7.17. The SMILES string of the molecule is CC(=O)N1CCCC[C@H](NC(=O)N2CCNCC2)C1=O. The molecule has 0 saturated carbocycles. The van der Waals surface area contributed by atoms with Crippen molar-refractivity contribution < 1.29 is 14.4 Å². The molecule has 2 saturated heterocycles. The second-order valence-electron chi connectivity index (χ2n) is 5.24. The fraction of sp³-hybridized carbons (Fsp3) is 0.769. The molecule has 20 heavy (non-hydrogen) atoms. The fourth-order valence-electron chi connectivity index (χ4n) is 2.59. The van der Waals surface area contributed by atoms with Crippen molar-refractivity contribution in [1.29, 1.82) is 0 Å². The zero-order valence-corrected chi connectivity index (χ0v) is 11.9. The second kappa shape index (κ2) is 6.69. The van der Waals surface area contributed by atoms with Crippen LogP contribution in [0, 0.1) is 0 Å². The van der Waals surface area contributed by atoms with Gasteiger partial charge in [-0.15, -0.1) is 0 Å². The van der Waals surface area contributed by atoms with E-state index in [1.165, 1.54) is 11.8 Å². The molecule has 0 aromatic rings. The predicted molar refractivity (Wildman–Crippen MR) is 73.0 cm³/mol. The zero-order valence-electron chi connectivity index (χ0n) is 11.9. The van der Waals surface area contributed by atoms with E-state index in [0.29, 0.717) is 26.1 Å². The van der Waals surface area contributed by atoms with E-state index < -0.39 is 6.04 Å². The van der Waals surface area contributed by atoms with E-state index in [2.05, 4.69) is 10.6 Å². The number of hydrogen-bond acceptors (Lipinski definition) is 4. The van der Waals surface area contributed by atoms with E-state index in [0.717, 1.165) is 25.9 Å². The molecule has 2 N–H and O–H groups in total. The van der Waals surface area contributed by atoms with Gasteiger partial charge in [0.15, 0.2) is 0 Å². The molecule has 2 heterocycles. The van der Waals surface area contributed by atoms with Crippen molar-refractivity contribution in [3.8, 4) is 0 Å². The summed E-state index contributed by atoms with van der Waals surface area (Å²) < 4.78 is 0. The van der Waals surface area contributed by atoms with Gasteiger partial charge in [0.25, 0.3) is 5.91 Å². The van der Waals surface area contributed by atoms with Gasteiger partial charge in [0, 0.05) is 39.6 Å². The molecule has 0 spiro atoms. The van der Waals surface area contributed by atoms with Crippen molar-refractivity contribution >= 4 is 17.8 Å². The third-order valence-corrected chi connectivity index (χ3v) is 3.77. The number of likely N-dealkylation sites (tertiary alicyclic amines) is 1. The molecule has 2 aliphatic rings. The van der Waals surface area contributed by atoms with Crippen molar-refractivity contribution in [3.63, 3.8) is 0 Å². The number of carbonyl (C=O) groups excluding carboxylic acids is 3. The summed E-state index contributed by atoms with van der Waals surface area (Å²) in [6.45, 7) is 4.66. The summed E-state index contributed by atoms with van der Waals surface area (Å²) in [5, 5.41) is 5.95. The van der Waals surface area contributed by atoms with Crippen LogP contribution in [0.4, 0.5) is 4.79 Å². The van der Waals surface area contributed by atoms with Crippen LogP contribution in [-0.4, -0.2) is 66.4 Å². The monoisotopic (exact) mass is 282 g/mol. The smallest absolute Gasteiger partial charge is 0.318 e. The summed E-state index contributed by atoms with van der Waals surface area (Å²) in [6, 6.07) is -0.793. The first kappa shape index (κ1) is 14.8. The lowest BCUT2D eigenvalue weighted by atomic mass is 10.1. The van der Waals surface area contributed by atoms with Gasteiger partial charge in [-0.1, -0.05) is 0 Å². The highest BCUT2D eigenvalue weighted by Crippen LogP contribution is 2.13. The Balaban J connectivity index is 1.97. The lowest BCUT2D eigenvalue weighted by Crippen LogP contribution is -2.55. The minimum absolute atomic E-state index is 0.213. The molecule has 4 amide bonds. The molecule has 0 aromatic heterocycles. The molecular formula is C13H22N4O3. The minimum Gasteiger partial charge on any atom is -0.326 e. The lowest BCUT2D eigenvalue weighted by Gasteiger charge is -2.30. The Labute approximate surface area is 118 Å². The number of piperazine rings is 1. The topological polar surface area (TPSA) is 81.8 Å². The van der Waals surface area contributed by atoms with Crippen molar-refractivity contribution in [3.05, 3.63) is 0 Å². The number of nitrogens with zero attached hydrogens (tertiary/aromatic N) is 2. The van der Waals surface area contributed by atoms with Crippen molar-refractivity contribution in [2.45, 2.75) is 32.2 Å². The van der Waals surface area contributed by atoms with Gasteiger partial charge in [-0.2, -0.15) is 0 Å². The van der Waals surface area contributed by atoms with Crippen LogP contribution in [0.15, 0.2) is 0 Å². The number of carbonyl (C=O) groups is 3. The average Bonchev–Trinajstić information content (AvgIpc) is 2.62. The van der Waals surface area contributed by atoms with E-state index in [9.17, 15) is 14.4 Å². The van der Waals surface area contributed by atoms with Crippen LogP contribution in [0.2, 0.25) is 0 Å². The minimum atomic E-state index is -0.580. The van der Waals surface area contributed by atoms with E-state index in [-0.39, 0.29) is 17.8 Å². The van der Waals surface area contributed by atoms with Crippen LogP contribution in [0.1, 0.15) is 26.2 Å². The Morgan fingerprint density at radius 1 is 1.20 bits per heavy atom. The molecule has 0 radical (unpaired) electrons. The maximum absolute atomic E-state index is 12.3. The van der Waals surface area contributed by atoms with Crippen molar-refractivity contribution in [2.75, 3.05) is 32.7 Å². The van der Waals surface area contributed by atoms with Gasteiger partial charge in [0.2, 0.25) is 5.91 Å². The summed E-state index contributed by atoms with van der Waals surface area (Å²) in [7, 11) is 0. The third kappa shape index (κ3) is 3.47. The average molecular weight is 282 g/mol. The number of imide groups is 1. The Kier molecular flexibility index (Phi) is 4.94. The molecule has 2 rings (SSSR count). The number of nitrogens with one attached hydrogen (secondary N) is 2. The van der Waals surface area contributed by atoms with Crippen molar-refractivity contribution in [1.82, 2.24) is 20.4 Å². The highest BCUT2D eigenvalue weighted by Gasteiger charge is 2.31. The van der Waals surface area contributed by atoms with E-state index in [1.54, 1.807) is 4.90 Å². The molecule has 2 aliphatic heterocycles. The standard InChI is InChI=1S/C13H22N4O3/c1-10(18)17-7-3-2-4-11(12(17)19)15-13(20)16-8-5-14-6-9-16/h11,14H,2-9H2,1H3,(H,15,20)/t11-/m0/s1. The van der Waals surface area contributed by atoms with Gasteiger partial charge in [-0.05, 0) is 19.3 Å². The summed E-state index contributed by atoms with van der Waals surface area (Å²) in [6.07, 6.45) is 2.23. The highest BCUT2D eigenvalue weighted by atomic mass is 16.2. The molecule has 7 heteroatoms. The lowest BCUT2D eigenvalue weighted by molar-refractivity contribution is -0.144. The van der Waals surface area contributed by atoms with Gasteiger partial charge in [-0.3, -0.25) is 14.5 Å². The predicted octanol–water partition coefficient (Wildman–Crippen LogP) is -0.471. The number of rotatable bonds is 1. The van der Waals surface area contributed by atoms with E-state index in [1.807, 2.05) is 0 Å². The number of amides is 4.